The molecule has 0 aliphatic carbocycles. The van der Waals surface area contributed by atoms with E-state index >= 15 is 0 Å². The normalized spacial score (nSPS) is 11.2. The van der Waals surface area contributed by atoms with Gasteiger partial charge in [-0.25, -0.2) is 18.1 Å². The van der Waals surface area contributed by atoms with Crippen LogP contribution in [0.1, 0.15) is 22.8 Å². The van der Waals surface area contributed by atoms with Crippen molar-refractivity contribution in [3.63, 3.8) is 0 Å². The number of aromatic nitrogens is 1. The molecular weight excluding hydrogens is 406 g/mol. The number of hydrogen-bond acceptors (Lipinski definition) is 5. The predicted octanol–water partition coefficient (Wildman–Crippen LogP) is 4.09. The average molecular weight is 428 g/mol. The topological polar surface area (TPSA) is 88.2 Å². The summed E-state index contributed by atoms with van der Waals surface area (Å²) in [7, 11) is -3.62. The second kappa shape index (κ2) is 9.13. The zero-order chi connectivity index (χ0) is 20.9. The molecule has 150 valence electrons. The Morgan fingerprint density at radius 1 is 1.14 bits per heavy atom. The van der Waals surface area contributed by atoms with Crippen LogP contribution in [0.2, 0.25) is 0 Å². The number of nitrogens with zero attached hydrogens (tertiary/aromatic N) is 1. The quantitative estimate of drug-likeness (QED) is 0.530. The molecule has 3 rings (SSSR count). The zero-order valence-electron chi connectivity index (χ0n) is 15.9. The smallest absolute Gasteiger partial charge is 0.257 e. The van der Waals surface area contributed by atoms with Gasteiger partial charge in [-0.15, -0.1) is 17.9 Å². The van der Waals surface area contributed by atoms with Gasteiger partial charge in [0.25, 0.3) is 5.91 Å². The summed E-state index contributed by atoms with van der Waals surface area (Å²) in [5.41, 5.74) is 3.38. The molecule has 1 amide bonds. The summed E-state index contributed by atoms with van der Waals surface area (Å²) in [6.45, 7) is 5.72. The van der Waals surface area contributed by atoms with Gasteiger partial charge in [-0.3, -0.25) is 10.1 Å². The van der Waals surface area contributed by atoms with Crippen LogP contribution in [0.25, 0.3) is 11.3 Å². The van der Waals surface area contributed by atoms with E-state index in [0.717, 1.165) is 17.7 Å². The van der Waals surface area contributed by atoms with E-state index in [1.165, 1.54) is 47.2 Å². The third kappa shape index (κ3) is 5.17. The molecule has 0 bridgehead atoms. The van der Waals surface area contributed by atoms with Crippen molar-refractivity contribution >= 4 is 32.4 Å². The molecule has 8 heteroatoms. The lowest BCUT2D eigenvalue weighted by molar-refractivity contribution is 0.102. The van der Waals surface area contributed by atoms with Crippen LogP contribution >= 0.6 is 11.3 Å². The fraction of sp³-hybridized carbons (Fsp3) is 0.143. The predicted molar refractivity (Wildman–Crippen MR) is 117 cm³/mol. The van der Waals surface area contributed by atoms with Crippen LogP contribution in [0.3, 0.4) is 0 Å². The van der Waals surface area contributed by atoms with Gasteiger partial charge in [0.15, 0.2) is 5.13 Å². The van der Waals surface area contributed by atoms with Gasteiger partial charge in [0, 0.05) is 23.1 Å². The van der Waals surface area contributed by atoms with Crippen LogP contribution in [0, 0.1) is 0 Å². The van der Waals surface area contributed by atoms with Crippen LogP contribution in [-0.2, 0) is 16.4 Å². The number of anilines is 1. The van der Waals surface area contributed by atoms with Gasteiger partial charge in [0.2, 0.25) is 10.0 Å². The van der Waals surface area contributed by atoms with Crippen LogP contribution in [0.4, 0.5) is 5.13 Å². The fourth-order valence-corrected chi connectivity index (χ4v) is 4.29. The standard InChI is InChI=1S/C21H21N3O3S2/c1-3-13-22-29(26,27)18-11-9-17(10-12-18)20(25)24-21-23-19(14-28-21)16-7-5-15(4-2)6-8-16/h3,5-12,14,22H,1,4,13H2,2H3,(H,23,24,25). The fourth-order valence-electron chi connectivity index (χ4n) is 2.58. The largest absolute Gasteiger partial charge is 0.298 e. The van der Waals surface area contributed by atoms with Gasteiger partial charge in [-0.2, -0.15) is 0 Å². The number of carbonyl (C=O) groups excluding carboxylic acids is 1. The Morgan fingerprint density at radius 2 is 1.83 bits per heavy atom. The summed E-state index contributed by atoms with van der Waals surface area (Å²) in [6, 6.07) is 13.9. The minimum absolute atomic E-state index is 0.0861. The number of thiazole rings is 1. The minimum atomic E-state index is -3.62. The second-order valence-electron chi connectivity index (χ2n) is 6.21. The highest BCUT2D eigenvalue weighted by Gasteiger charge is 2.15. The van der Waals surface area contributed by atoms with Crippen LogP contribution in [-0.4, -0.2) is 25.9 Å². The lowest BCUT2D eigenvalue weighted by Gasteiger charge is -2.06. The molecule has 2 N–H and O–H groups in total. The van der Waals surface area contributed by atoms with E-state index < -0.39 is 10.0 Å². The Bertz CT molecular complexity index is 1100. The van der Waals surface area contributed by atoms with Crippen molar-refractivity contribution < 1.29 is 13.2 Å². The summed E-state index contributed by atoms with van der Waals surface area (Å²) in [4.78, 5) is 17.0. The number of nitrogens with one attached hydrogen (secondary N) is 2. The Hall–Kier alpha value is -2.81. The van der Waals surface area contributed by atoms with Gasteiger partial charge in [-0.1, -0.05) is 37.3 Å². The number of amides is 1. The Balaban J connectivity index is 1.69. The lowest BCUT2D eigenvalue weighted by atomic mass is 10.1. The summed E-state index contributed by atoms with van der Waals surface area (Å²) in [5.74, 6) is -0.352. The first-order valence-electron chi connectivity index (χ1n) is 8.99. The van der Waals surface area contributed by atoms with E-state index in [2.05, 4.69) is 40.7 Å². The number of carbonyl (C=O) groups is 1. The summed E-state index contributed by atoms with van der Waals surface area (Å²) >= 11 is 1.34. The van der Waals surface area contributed by atoms with Crippen LogP contribution < -0.4 is 10.0 Å². The summed E-state index contributed by atoms with van der Waals surface area (Å²) < 4.78 is 26.5. The minimum Gasteiger partial charge on any atom is -0.298 e. The van der Waals surface area contributed by atoms with E-state index in [1.54, 1.807) is 0 Å². The molecule has 1 aromatic heterocycles. The first-order valence-corrected chi connectivity index (χ1v) is 11.4. The summed E-state index contributed by atoms with van der Waals surface area (Å²) in [6.07, 6.45) is 2.43. The number of hydrogen-bond donors (Lipinski definition) is 2. The molecule has 1 heterocycles. The molecule has 0 aliphatic heterocycles. The van der Waals surface area contributed by atoms with E-state index in [-0.39, 0.29) is 17.3 Å². The first-order chi connectivity index (χ1) is 13.9. The Labute approximate surface area is 174 Å². The van der Waals surface area contributed by atoms with Crippen molar-refractivity contribution in [3.8, 4) is 11.3 Å². The van der Waals surface area contributed by atoms with E-state index in [4.69, 9.17) is 0 Å². The molecule has 0 atom stereocenters. The molecule has 0 fully saturated rings. The van der Waals surface area contributed by atoms with Gasteiger partial charge >= 0.3 is 0 Å². The van der Waals surface area contributed by atoms with Gasteiger partial charge < -0.3 is 0 Å². The first kappa shape index (κ1) is 20.9. The van der Waals surface area contributed by atoms with E-state index in [0.29, 0.717) is 10.7 Å². The van der Waals surface area contributed by atoms with Crippen LogP contribution in [0.5, 0.6) is 0 Å². The maximum atomic E-state index is 12.5. The monoisotopic (exact) mass is 427 g/mol. The van der Waals surface area contributed by atoms with Crippen molar-refractivity contribution in [2.45, 2.75) is 18.2 Å². The molecule has 0 saturated carbocycles. The van der Waals surface area contributed by atoms with Crippen molar-refractivity contribution in [1.29, 1.82) is 0 Å². The zero-order valence-corrected chi connectivity index (χ0v) is 17.5. The van der Waals surface area contributed by atoms with Crippen molar-refractivity contribution in [2.24, 2.45) is 0 Å². The third-order valence-corrected chi connectivity index (χ3v) is 6.42. The third-order valence-electron chi connectivity index (χ3n) is 4.23. The SMILES string of the molecule is C=CCNS(=O)(=O)c1ccc(C(=O)Nc2nc(-c3ccc(CC)cc3)cs2)cc1. The molecule has 0 aliphatic rings. The highest BCUT2D eigenvalue weighted by Crippen LogP contribution is 2.25. The molecule has 0 unspecified atom stereocenters. The number of rotatable bonds is 8. The van der Waals surface area contributed by atoms with Gasteiger partial charge in [0.1, 0.15) is 0 Å². The average Bonchev–Trinajstić information content (AvgIpc) is 3.21. The molecule has 0 spiro atoms. The highest BCUT2D eigenvalue weighted by atomic mass is 32.2. The molecule has 0 radical (unpaired) electrons. The van der Waals surface area contributed by atoms with Crippen molar-refractivity contribution in [2.75, 3.05) is 11.9 Å². The van der Waals surface area contributed by atoms with Crippen LogP contribution in [0.15, 0.2) is 71.5 Å². The highest BCUT2D eigenvalue weighted by molar-refractivity contribution is 7.89. The number of aryl methyl sites for hydroxylation is 1. The Kier molecular flexibility index (Phi) is 6.58. The molecular formula is C21H21N3O3S2. The van der Waals surface area contributed by atoms with E-state index in [1.807, 2.05) is 17.5 Å². The molecule has 0 saturated heterocycles. The summed E-state index contributed by atoms with van der Waals surface area (Å²) in [5, 5.41) is 5.12. The van der Waals surface area contributed by atoms with Gasteiger partial charge in [0.05, 0.1) is 10.6 Å². The van der Waals surface area contributed by atoms with Gasteiger partial charge in [-0.05, 0) is 36.2 Å². The lowest BCUT2D eigenvalue weighted by Crippen LogP contribution is -2.23. The maximum absolute atomic E-state index is 12.5. The molecule has 6 nitrogen and oxygen atoms in total. The Morgan fingerprint density at radius 3 is 2.45 bits per heavy atom. The van der Waals surface area contributed by atoms with E-state index in [9.17, 15) is 13.2 Å². The second-order valence-corrected chi connectivity index (χ2v) is 8.83. The molecule has 3 aromatic rings. The number of benzene rings is 2. The molecule has 2 aromatic carbocycles. The maximum Gasteiger partial charge on any atom is 0.257 e. The number of sulfonamides is 1. The molecule has 29 heavy (non-hydrogen) atoms. The van der Waals surface area contributed by atoms with Crippen molar-refractivity contribution in [1.82, 2.24) is 9.71 Å². The van der Waals surface area contributed by atoms with Crippen molar-refractivity contribution in [3.05, 3.63) is 77.7 Å².